The molecule has 1 aliphatic rings. The standard InChI is InChI=1S/C18H32N6O/c1-4-6-8-13-22(3)17(19-5-2)20-12-10-15-24-18(25)23-14-9-7-11-16(23)21-24/h4H,1,5-15H2,2-3H3,(H,19,20). The minimum absolute atomic E-state index is 0.0344. The van der Waals surface area contributed by atoms with Crippen LogP contribution in [0.3, 0.4) is 0 Å². The lowest BCUT2D eigenvalue weighted by atomic mass is 10.2. The number of aromatic nitrogens is 3. The molecule has 0 aliphatic carbocycles. The highest BCUT2D eigenvalue weighted by Gasteiger charge is 2.16. The number of nitrogens with one attached hydrogen (secondary N) is 1. The Bertz CT molecular complexity index is 630. The molecule has 0 fully saturated rings. The summed E-state index contributed by atoms with van der Waals surface area (Å²) < 4.78 is 3.43. The smallest absolute Gasteiger partial charge is 0.345 e. The van der Waals surface area contributed by atoms with Crippen LogP contribution in [0.1, 0.15) is 44.9 Å². The number of hydrogen-bond donors (Lipinski definition) is 1. The van der Waals surface area contributed by atoms with E-state index in [2.05, 4.69) is 40.9 Å². The molecule has 0 radical (unpaired) electrons. The Hall–Kier alpha value is -2.05. The quantitative estimate of drug-likeness (QED) is 0.319. The molecule has 1 aromatic rings. The van der Waals surface area contributed by atoms with Crippen LogP contribution < -0.4 is 11.0 Å². The Morgan fingerprint density at radius 3 is 3.00 bits per heavy atom. The Morgan fingerprint density at radius 2 is 2.28 bits per heavy atom. The van der Waals surface area contributed by atoms with Crippen LogP contribution >= 0.6 is 0 Å². The van der Waals surface area contributed by atoms with E-state index in [0.717, 1.165) is 69.9 Å². The van der Waals surface area contributed by atoms with Crippen LogP contribution in [0, 0.1) is 0 Å². The highest BCUT2D eigenvalue weighted by atomic mass is 16.2. The second-order valence-electron chi connectivity index (χ2n) is 6.47. The van der Waals surface area contributed by atoms with Gasteiger partial charge in [-0.2, -0.15) is 5.10 Å². The number of rotatable bonds is 9. The van der Waals surface area contributed by atoms with Crippen molar-refractivity contribution in [2.75, 3.05) is 26.7 Å². The first kappa shape index (κ1) is 19.3. The fourth-order valence-electron chi connectivity index (χ4n) is 3.05. The van der Waals surface area contributed by atoms with Gasteiger partial charge >= 0.3 is 5.69 Å². The first-order valence-corrected chi connectivity index (χ1v) is 9.44. The number of allylic oxidation sites excluding steroid dienone is 1. The summed E-state index contributed by atoms with van der Waals surface area (Å²) in [6, 6.07) is 0. The number of aliphatic imine (C=N–C) groups is 1. The molecule has 1 aliphatic heterocycles. The molecule has 7 heteroatoms. The van der Waals surface area contributed by atoms with Gasteiger partial charge in [0.05, 0.1) is 0 Å². The zero-order valence-corrected chi connectivity index (χ0v) is 15.7. The molecule has 7 nitrogen and oxygen atoms in total. The molecule has 0 saturated heterocycles. The number of fused-ring (bicyclic) bond motifs is 1. The third-order valence-corrected chi connectivity index (χ3v) is 4.42. The number of nitrogens with zero attached hydrogens (tertiary/aromatic N) is 5. The van der Waals surface area contributed by atoms with E-state index in [1.165, 1.54) is 0 Å². The van der Waals surface area contributed by atoms with Gasteiger partial charge in [-0.1, -0.05) is 6.08 Å². The summed E-state index contributed by atoms with van der Waals surface area (Å²) in [5.74, 6) is 1.86. The van der Waals surface area contributed by atoms with E-state index in [-0.39, 0.29) is 5.69 Å². The third kappa shape index (κ3) is 5.47. The van der Waals surface area contributed by atoms with Gasteiger partial charge in [-0.3, -0.25) is 9.56 Å². The van der Waals surface area contributed by atoms with Crippen molar-refractivity contribution in [2.24, 2.45) is 4.99 Å². The lowest BCUT2D eigenvalue weighted by molar-refractivity contribution is 0.468. The monoisotopic (exact) mass is 348 g/mol. The summed E-state index contributed by atoms with van der Waals surface area (Å²) in [5, 5.41) is 7.79. The van der Waals surface area contributed by atoms with Gasteiger partial charge in [-0.25, -0.2) is 9.48 Å². The SMILES string of the molecule is C=CCCCN(C)C(=NCCCn1nc2n(c1=O)CCCC2)NCC. The van der Waals surface area contributed by atoms with E-state index in [0.29, 0.717) is 13.1 Å². The van der Waals surface area contributed by atoms with Crippen molar-refractivity contribution in [3.8, 4) is 0 Å². The number of guanidine groups is 1. The van der Waals surface area contributed by atoms with E-state index >= 15 is 0 Å². The van der Waals surface area contributed by atoms with E-state index < -0.39 is 0 Å². The van der Waals surface area contributed by atoms with Gasteiger partial charge in [0, 0.05) is 46.2 Å². The summed E-state index contributed by atoms with van der Waals surface area (Å²) in [4.78, 5) is 19.1. The van der Waals surface area contributed by atoms with Crippen LogP contribution in [0.25, 0.3) is 0 Å². The van der Waals surface area contributed by atoms with Crippen molar-refractivity contribution in [1.29, 1.82) is 0 Å². The molecule has 2 rings (SSSR count). The van der Waals surface area contributed by atoms with Gasteiger partial charge in [0.2, 0.25) is 0 Å². The van der Waals surface area contributed by atoms with Crippen LogP contribution in [-0.2, 0) is 19.5 Å². The van der Waals surface area contributed by atoms with Gasteiger partial charge in [-0.15, -0.1) is 6.58 Å². The normalized spacial score (nSPS) is 14.2. The zero-order valence-electron chi connectivity index (χ0n) is 15.7. The van der Waals surface area contributed by atoms with Crippen molar-refractivity contribution in [3.05, 3.63) is 29.0 Å². The molecule has 0 bridgehead atoms. The maximum atomic E-state index is 12.3. The van der Waals surface area contributed by atoms with Gasteiger partial charge in [0.25, 0.3) is 0 Å². The van der Waals surface area contributed by atoms with Gasteiger partial charge < -0.3 is 10.2 Å². The molecule has 0 amide bonds. The van der Waals surface area contributed by atoms with Crippen LogP contribution in [0.4, 0.5) is 0 Å². The summed E-state index contributed by atoms with van der Waals surface area (Å²) >= 11 is 0. The van der Waals surface area contributed by atoms with Crippen molar-refractivity contribution < 1.29 is 0 Å². The molecular formula is C18H32N6O. The lowest BCUT2D eigenvalue weighted by Gasteiger charge is -2.21. The Labute approximate surface area is 150 Å². The Morgan fingerprint density at radius 1 is 1.44 bits per heavy atom. The molecule has 0 aromatic carbocycles. The fraction of sp³-hybridized carbons (Fsp3) is 0.722. The maximum absolute atomic E-state index is 12.3. The molecule has 140 valence electrons. The molecule has 2 heterocycles. The van der Waals surface area contributed by atoms with E-state index in [1.54, 1.807) is 4.68 Å². The highest BCUT2D eigenvalue weighted by Crippen LogP contribution is 2.09. The van der Waals surface area contributed by atoms with Crippen molar-refractivity contribution >= 4 is 5.96 Å². The molecule has 1 N–H and O–H groups in total. The largest absolute Gasteiger partial charge is 0.357 e. The Balaban J connectivity index is 1.86. The van der Waals surface area contributed by atoms with Gasteiger partial charge in [0.1, 0.15) is 5.82 Å². The second kappa shape index (κ2) is 10.1. The van der Waals surface area contributed by atoms with Crippen molar-refractivity contribution in [3.63, 3.8) is 0 Å². The third-order valence-electron chi connectivity index (χ3n) is 4.42. The molecule has 0 saturated carbocycles. The fourth-order valence-corrected chi connectivity index (χ4v) is 3.05. The van der Waals surface area contributed by atoms with Crippen LogP contribution in [0.5, 0.6) is 0 Å². The maximum Gasteiger partial charge on any atom is 0.345 e. The highest BCUT2D eigenvalue weighted by molar-refractivity contribution is 5.79. The number of unbranched alkanes of at least 4 members (excludes halogenated alkanes) is 1. The first-order chi connectivity index (χ1) is 12.2. The van der Waals surface area contributed by atoms with Gasteiger partial charge in [0.15, 0.2) is 5.96 Å². The number of aryl methyl sites for hydroxylation is 2. The summed E-state index contributed by atoms with van der Waals surface area (Å²) in [7, 11) is 2.05. The van der Waals surface area contributed by atoms with Crippen molar-refractivity contribution in [2.45, 2.75) is 58.5 Å². The topological polar surface area (TPSA) is 67.5 Å². The summed E-state index contributed by atoms with van der Waals surface area (Å²) in [6.45, 7) is 9.75. The number of hydrogen-bond acceptors (Lipinski definition) is 3. The Kier molecular flexibility index (Phi) is 7.76. The summed E-state index contributed by atoms with van der Waals surface area (Å²) in [5.41, 5.74) is 0.0344. The zero-order chi connectivity index (χ0) is 18.1. The molecule has 0 atom stereocenters. The second-order valence-corrected chi connectivity index (χ2v) is 6.47. The summed E-state index contributed by atoms with van der Waals surface area (Å²) in [6.07, 6.45) is 7.96. The van der Waals surface area contributed by atoms with Gasteiger partial charge in [-0.05, 0) is 39.0 Å². The van der Waals surface area contributed by atoms with Crippen LogP contribution in [0.2, 0.25) is 0 Å². The first-order valence-electron chi connectivity index (χ1n) is 9.44. The molecule has 0 spiro atoms. The van der Waals surface area contributed by atoms with E-state index in [9.17, 15) is 4.79 Å². The van der Waals surface area contributed by atoms with Crippen LogP contribution in [-0.4, -0.2) is 51.9 Å². The average molecular weight is 348 g/mol. The molecular weight excluding hydrogens is 316 g/mol. The average Bonchev–Trinajstić information content (AvgIpc) is 2.94. The predicted octanol–water partition coefficient (Wildman–Crippen LogP) is 1.63. The minimum Gasteiger partial charge on any atom is -0.357 e. The molecule has 0 unspecified atom stereocenters. The van der Waals surface area contributed by atoms with E-state index in [4.69, 9.17) is 0 Å². The molecule has 1 aromatic heterocycles. The van der Waals surface area contributed by atoms with Crippen LogP contribution in [0.15, 0.2) is 22.4 Å². The minimum atomic E-state index is 0.0344. The lowest BCUT2D eigenvalue weighted by Crippen LogP contribution is -2.39. The van der Waals surface area contributed by atoms with Crippen molar-refractivity contribution in [1.82, 2.24) is 24.6 Å². The van der Waals surface area contributed by atoms with E-state index in [1.807, 2.05) is 10.6 Å². The molecule has 25 heavy (non-hydrogen) atoms. The predicted molar refractivity (Wildman–Crippen MR) is 102 cm³/mol.